The van der Waals surface area contributed by atoms with Gasteiger partial charge in [-0.2, -0.15) is 0 Å². The summed E-state index contributed by atoms with van der Waals surface area (Å²) in [6.45, 7) is 0. The van der Waals surface area contributed by atoms with Gasteiger partial charge in [-0.15, -0.1) is 11.8 Å². The highest BCUT2D eigenvalue weighted by molar-refractivity contribution is 7.99. The zero-order valence-corrected chi connectivity index (χ0v) is 6.67. The fourth-order valence-corrected chi connectivity index (χ4v) is 2.01. The maximum atomic E-state index is 5.78. The van der Waals surface area contributed by atoms with Crippen molar-refractivity contribution in [2.75, 3.05) is 11.2 Å². The number of halogens is 1. The fourth-order valence-electron chi connectivity index (χ4n) is 0.886. The van der Waals surface area contributed by atoms with Crippen molar-refractivity contribution in [2.45, 2.75) is 4.90 Å². The third kappa shape index (κ3) is 0.859. The van der Waals surface area contributed by atoms with Crippen LogP contribution in [0.5, 0.6) is 0 Å². The lowest BCUT2D eigenvalue weighted by Crippen LogP contribution is -1.89. The summed E-state index contributed by atoms with van der Waals surface area (Å²) in [5, 5.41) is 3.71. The molecule has 10 heavy (non-hydrogen) atoms. The molecule has 1 aliphatic rings. The SMILES string of the molecule is Clc1nccc2c1NCS2. The van der Waals surface area contributed by atoms with Gasteiger partial charge in [0.05, 0.1) is 11.6 Å². The lowest BCUT2D eigenvalue weighted by atomic mass is 10.4. The lowest BCUT2D eigenvalue weighted by molar-refractivity contribution is 1.26. The monoisotopic (exact) mass is 172 g/mol. The van der Waals surface area contributed by atoms with Crippen LogP contribution in [0.4, 0.5) is 5.69 Å². The highest BCUT2D eigenvalue weighted by atomic mass is 35.5. The largest absolute Gasteiger partial charge is 0.372 e. The van der Waals surface area contributed by atoms with Crippen molar-refractivity contribution < 1.29 is 0 Å². The second-order valence-corrected chi connectivity index (χ2v) is 3.32. The molecule has 52 valence electrons. The first kappa shape index (κ1) is 6.31. The molecule has 0 amide bonds. The van der Waals surface area contributed by atoms with E-state index >= 15 is 0 Å². The van der Waals surface area contributed by atoms with Gasteiger partial charge in [-0.05, 0) is 6.07 Å². The molecule has 0 radical (unpaired) electrons. The Balaban J connectivity index is 2.59. The van der Waals surface area contributed by atoms with Crippen molar-refractivity contribution in [1.29, 1.82) is 0 Å². The average molecular weight is 173 g/mol. The van der Waals surface area contributed by atoms with Gasteiger partial charge in [0.25, 0.3) is 0 Å². The summed E-state index contributed by atoms with van der Waals surface area (Å²) in [5.74, 6) is 0.904. The molecule has 0 aliphatic carbocycles. The van der Waals surface area contributed by atoms with E-state index in [-0.39, 0.29) is 0 Å². The van der Waals surface area contributed by atoms with Crippen LogP contribution >= 0.6 is 23.4 Å². The third-order valence-corrected chi connectivity index (χ3v) is 2.57. The topological polar surface area (TPSA) is 24.9 Å². The van der Waals surface area contributed by atoms with Gasteiger partial charge in [0.15, 0.2) is 5.15 Å². The van der Waals surface area contributed by atoms with Gasteiger partial charge in [0.1, 0.15) is 0 Å². The number of rotatable bonds is 0. The molecular formula is C6H5ClN2S. The van der Waals surface area contributed by atoms with E-state index in [1.165, 1.54) is 4.90 Å². The number of anilines is 1. The summed E-state index contributed by atoms with van der Waals surface area (Å²) >= 11 is 7.53. The molecule has 0 fully saturated rings. The van der Waals surface area contributed by atoms with Crippen LogP contribution in [0, 0.1) is 0 Å². The zero-order chi connectivity index (χ0) is 6.97. The first-order chi connectivity index (χ1) is 4.88. The van der Waals surface area contributed by atoms with Crippen LogP contribution in [0.15, 0.2) is 17.2 Å². The Bertz CT molecular complexity index is 264. The summed E-state index contributed by atoms with van der Waals surface area (Å²) < 4.78 is 0. The van der Waals surface area contributed by atoms with Crippen LogP contribution in [0.3, 0.4) is 0 Å². The van der Waals surface area contributed by atoms with Crippen LogP contribution in [0.25, 0.3) is 0 Å². The van der Waals surface area contributed by atoms with Crippen molar-refractivity contribution in [3.63, 3.8) is 0 Å². The molecule has 1 aromatic heterocycles. The van der Waals surface area contributed by atoms with Gasteiger partial charge in [-0.25, -0.2) is 4.98 Å². The molecule has 2 heterocycles. The Hall–Kier alpha value is -0.410. The molecule has 1 N–H and O–H groups in total. The number of nitrogens with zero attached hydrogens (tertiary/aromatic N) is 1. The minimum absolute atomic E-state index is 0.572. The molecule has 0 saturated heterocycles. The number of nitrogens with one attached hydrogen (secondary N) is 1. The van der Waals surface area contributed by atoms with Gasteiger partial charge in [0.2, 0.25) is 0 Å². The van der Waals surface area contributed by atoms with Crippen molar-refractivity contribution in [3.8, 4) is 0 Å². The molecule has 0 spiro atoms. The van der Waals surface area contributed by atoms with E-state index in [1.54, 1.807) is 18.0 Å². The lowest BCUT2D eigenvalue weighted by Gasteiger charge is -1.97. The summed E-state index contributed by atoms with van der Waals surface area (Å²) in [6.07, 6.45) is 1.72. The van der Waals surface area contributed by atoms with Gasteiger partial charge < -0.3 is 5.32 Å². The van der Waals surface area contributed by atoms with Crippen molar-refractivity contribution in [2.24, 2.45) is 0 Å². The zero-order valence-electron chi connectivity index (χ0n) is 5.10. The van der Waals surface area contributed by atoms with E-state index in [9.17, 15) is 0 Å². The highest BCUT2D eigenvalue weighted by Crippen LogP contribution is 2.36. The molecule has 0 bridgehead atoms. The minimum Gasteiger partial charge on any atom is -0.372 e. The first-order valence-corrected chi connectivity index (χ1v) is 4.25. The van der Waals surface area contributed by atoms with Crippen LogP contribution in [-0.4, -0.2) is 10.9 Å². The number of hydrogen-bond donors (Lipinski definition) is 1. The highest BCUT2D eigenvalue weighted by Gasteiger charge is 2.13. The smallest absolute Gasteiger partial charge is 0.153 e. The Morgan fingerprint density at radius 3 is 3.40 bits per heavy atom. The summed E-state index contributed by atoms with van der Waals surface area (Å²) in [5.41, 5.74) is 0.981. The molecule has 1 aliphatic heterocycles. The third-order valence-electron chi connectivity index (χ3n) is 1.34. The van der Waals surface area contributed by atoms with Gasteiger partial charge in [0, 0.05) is 11.1 Å². The van der Waals surface area contributed by atoms with E-state index in [4.69, 9.17) is 11.6 Å². The van der Waals surface area contributed by atoms with Gasteiger partial charge in [-0.3, -0.25) is 0 Å². The predicted octanol–water partition coefficient (Wildman–Crippen LogP) is 2.21. The van der Waals surface area contributed by atoms with Crippen molar-refractivity contribution >= 4 is 29.1 Å². The van der Waals surface area contributed by atoms with E-state index in [2.05, 4.69) is 10.3 Å². The Morgan fingerprint density at radius 1 is 1.70 bits per heavy atom. The quantitative estimate of drug-likeness (QED) is 0.608. The summed E-state index contributed by atoms with van der Waals surface area (Å²) in [7, 11) is 0. The van der Waals surface area contributed by atoms with Crippen LogP contribution < -0.4 is 5.32 Å². The summed E-state index contributed by atoms with van der Waals surface area (Å²) in [6, 6.07) is 1.96. The molecule has 0 unspecified atom stereocenters. The Morgan fingerprint density at radius 2 is 2.60 bits per heavy atom. The number of fused-ring (bicyclic) bond motifs is 1. The van der Waals surface area contributed by atoms with E-state index in [0.717, 1.165) is 11.6 Å². The molecule has 1 aromatic rings. The average Bonchev–Trinajstić information content (AvgIpc) is 2.36. The molecule has 2 rings (SSSR count). The van der Waals surface area contributed by atoms with E-state index in [1.807, 2.05) is 6.07 Å². The molecule has 0 aromatic carbocycles. The molecule has 2 nitrogen and oxygen atoms in total. The standard InChI is InChI=1S/C6H5ClN2S/c7-6-5-4(1-2-8-6)10-3-9-5/h1-2,9H,3H2. The number of hydrogen-bond acceptors (Lipinski definition) is 3. The van der Waals surface area contributed by atoms with E-state index < -0.39 is 0 Å². The van der Waals surface area contributed by atoms with Gasteiger partial charge in [-0.1, -0.05) is 11.6 Å². The Labute approximate surface area is 68.0 Å². The van der Waals surface area contributed by atoms with Crippen molar-refractivity contribution in [3.05, 3.63) is 17.4 Å². The number of thioether (sulfide) groups is 1. The van der Waals surface area contributed by atoms with Crippen LogP contribution in [0.1, 0.15) is 0 Å². The second-order valence-electron chi connectivity index (χ2n) is 1.94. The van der Waals surface area contributed by atoms with E-state index in [0.29, 0.717) is 5.15 Å². The molecule has 4 heteroatoms. The normalized spacial score (nSPS) is 14.5. The second kappa shape index (κ2) is 2.32. The van der Waals surface area contributed by atoms with Gasteiger partial charge >= 0.3 is 0 Å². The summed E-state index contributed by atoms with van der Waals surface area (Å²) in [4.78, 5) is 5.13. The fraction of sp³-hybridized carbons (Fsp3) is 0.167. The number of pyridine rings is 1. The van der Waals surface area contributed by atoms with Crippen LogP contribution in [0.2, 0.25) is 5.15 Å². The molecule has 0 atom stereocenters. The van der Waals surface area contributed by atoms with Crippen molar-refractivity contribution in [1.82, 2.24) is 4.98 Å². The maximum absolute atomic E-state index is 5.78. The predicted molar refractivity (Wildman–Crippen MR) is 43.6 cm³/mol. The Kier molecular flexibility index (Phi) is 1.47. The van der Waals surface area contributed by atoms with Crippen LogP contribution in [-0.2, 0) is 0 Å². The molecule has 0 saturated carbocycles. The maximum Gasteiger partial charge on any atom is 0.153 e. The number of aromatic nitrogens is 1. The molecular weight excluding hydrogens is 168 g/mol. The first-order valence-electron chi connectivity index (χ1n) is 2.89. The minimum atomic E-state index is 0.572.